The van der Waals surface area contributed by atoms with E-state index in [9.17, 15) is 0 Å². The molecule has 2 aromatic heterocycles. The molecule has 3 aromatic carbocycles. The van der Waals surface area contributed by atoms with Crippen molar-refractivity contribution < 1.29 is 18.6 Å². The van der Waals surface area contributed by atoms with Crippen molar-refractivity contribution in [2.45, 2.75) is 70.1 Å². The molecule has 2 aliphatic rings. The van der Waals surface area contributed by atoms with Crippen LogP contribution in [0.5, 0.6) is 11.6 Å². The molecule has 0 amide bonds. The first-order chi connectivity index (χ1) is 22.6. The van der Waals surface area contributed by atoms with Crippen molar-refractivity contribution in [1.82, 2.24) is 14.5 Å². The zero-order chi connectivity index (χ0) is 32.9. The Balaban J connectivity index is 1.28. The van der Waals surface area contributed by atoms with Crippen LogP contribution in [0.3, 0.4) is 0 Å². The van der Waals surface area contributed by atoms with Crippen LogP contribution in [0.25, 0.3) is 11.0 Å². The molecular weight excluding hydrogens is 717 g/mol. The SMILES string of the molecule is CC1(C)O[C@H]2[C@H](n3ccc4c(Oc5ccccc5)ncnc43)CC(CI)(CO[Si](c3ccccc3)(c3ccccc3)C(C)(C)C)[C@H]2O1. The molecule has 5 aromatic rings. The Bertz CT molecular complexity index is 1790. The number of nitrogens with zero attached hydrogens (tertiary/aromatic N) is 3. The number of hydrogen-bond donors (Lipinski definition) is 0. The predicted molar refractivity (Wildman–Crippen MR) is 196 cm³/mol. The van der Waals surface area contributed by atoms with Gasteiger partial charge >= 0.3 is 0 Å². The molecular formula is C38H42IN3O4Si. The number of para-hydroxylation sites is 1. The van der Waals surface area contributed by atoms with Gasteiger partial charge in [0.15, 0.2) is 5.79 Å². The van der Waals surface area contributed by atoms with Gasteiger partial charge in [0.05, 0.1) is 17.5 Å². The lowest BCUT2D eigenvalue weighted by molar-refractivity contribution is -0.169. The minimum atomic E-state index is -2.78. The Morgan fingerprint density at radius 2 is 1.49 bits per heavy atom. The third-order valence-corrected chi connectivity index (χ3v) is 16.3. The van der Waals surface area contributed by atoms with Crippen LogP contribution >= 0.6 is 22.6 Å². The molecule has 2 fully saturated rings. The lowest BCUT2D eigenvalue weighted by atomic mass is 9.87. The van der Waals surface area contributed by atoms with E-state index in [2.05, 4.69) is 120 Å². The minimum absolute atomic E-state index is 0.0173. The van der Waals surface area contributed by atoms with Gasteiger partial charge < -0.3 is 23.2 Å². The summed E-state index contributed by atoms with van der Waals surface area (Å²) in [5.41, 5.74) is 0.518. The van der Waals surface area contributed by atoms with E-state index in [0.717, 1.165) is 27.6 Å². The summed E-state index contributed by atoms with van der Waals surface area (Å²) < 4.78 is 30.5. The Hall–Kier alpha value is -3.09. The van der Waals surface area contributed by atoms with E-state index >= 15 is 0 Å². The van der Waals surface area contributed by atoms with Crippen LogP contribution in [-0.2, 0) is 13.9 Å². The van der Waals surface area contributed by atoms with Crippen LogP contribution in [-0.4, -0.2) is 51.9 Å². The van der Waals surface area contributed by atoms with Crippen molar-refractivity contribution in [1.29, 1.82) is 0 Å². The highest BCUT2D eigenvalue weighted by Gasteiger charge is 2.63. The van der Waals surface area contributed by atoms with Crippen molar-refractivity contribution in [3.05, 3.63) is 110 Å². The fourth-order valence-electron chi connectivity index (χ4n) is 7.67. The summed E-state index contributed by atoms with van der Waals surface area (Å²) in [5, 5.41) is 3.28. The van der Waals surface area contributed by atoms with Crippen LogP contribution in [0.15, 0.2) is 110 Å². The third-order valence-electron chi connectivity index (χ3n) is 9.77. The molecule has 0 radical (unpaired) electrons. The van der Waals surface area contributed by atoms with Crippen molar-refractivity contribution in [2.24, 2.45) is 5.41 Å². The van der Waals surface area contributed by atoms with E-state index in [4.69, 9.17) is 23.6 Å². The minimum Gasteiger partial charge on any atom is -0.438 e. The van der Waals surface area contributed by atoms with E-state index in [-0.39, 0.29) is 28.7 Å². The summed E-state index contributed by atoms with van der Waals surface area (Å²) in [7, 11) is -2.78. The number of alkyl halides is 1. The molecule has 1 aliphatic heterocycles. The molecule has 0 bridgehead atoms. The second-order valence-electron chi connectivity index (χ2n) is 14.3. The molecule has 1 saturated carbocycles. The lowest BCUT2D eigenvalue weighted by Crippen LogP contribution is -2.67. The Labute approximate surface area is 291 Å². The fraction of sp³-hybridized carbons (Fsp3) is 0.368. The summed E-state index contributed by atoms with van der Waals surface area (Å²) in [5.74, 6) is 0.551. The van der Waals surface area contributed by atoms with Crippen molar-refractivity contribution in [2.75, 3.05) is 11.0 Å². The zero-order valence-corrected chi connectivity index (χ0v) is 30.8. The summed E-state index contributed by atoms with van der Waals surface area (Å²) in [6.45, 7) is 11.6. The largest absolute Gasteiger partial charge is 0.438 e. The molecule has 7 rings (SSSR count). The van der Waals surface area contributed by atoms with E-state index in [1.54, 1.807) is 6.33 Å². The smallest absolute Gasteiger partial charge is 0.261 e. The van der Waals surface area contributed by atoms with Crippen LogP contribution in [0, 0.1) is 5.41 Å². The topological polar surface area (TPSA) is 67.6 Å². The molecule has 3 heterocycles. The predicted octanol–water partition coefficient (Wildman–Crippen LogP) is 7.69. The van der Waals surface area contributed by atoms with Crippen LogP contribution in [0.4, 0.5) is 0 Å². The number of aromatic nitrogens is 3. The second-order valence-corrected chi connectivity index (χ2v) is 19.4. The molecule has 4 atom stereocenters. The maximum Gasteiger partial charge on any atom is 0.261 e. The molecule has 9 heteroatoms. The first-order valence-corrected chi connectivity index (χ1v) is 19.7. The molecule has 1 saturated heterocycles. The van der Waals surface area contributed by atoms with Gasteiger partial charge in [-0.3, -0.25) is 0 Å². The van der Waals surface area contributed by atoms with Gasteiger partial charge in [-0.1, -0.05) is 122 Å². The summed E-state index contributed by atoms with van der Waals surface area (Å²) in [6.07, 6.45) is 4.17. The molecule has 0 N–H and O–H groups in total. The quantitative estimate of drug-likeness (QED) is 0.0873. The van der Waals surface area contributed by atoms with Crippen LogP contribution in [0.2, 0.25) is 5.04 Å². The van der Waals surface area contributed by atoms with Crippen molar-refractivity contribution >= 4 is 52.3 Å². The van der Waals surface area contributed by atoms with Crippen LogP contribution < -0.4 is 15.1 Å². The molecule has 244 valence electrons. The maximum atomic E-state index is 7.60. The molecule has 1 aliphatic carbocycles. The highest BCUT2D eigenvalue weighted by molar-refractivity contribution is 14.1. The first-order valence-electron chi connectivity index (χ1n) is 16.3. The normalized spacial score (nSPS) is 24.0. The van der Waals surface area contributed by atoms with E-state index in [0.29, 0.717) is 12.5 Å². The standard InChI is InChI=1S/C38H42IN3O4Si/c1-36(2,3)47(28-17-11-7-12-18-28,29-19-13-8-14-20-29)43-25-38(24-39)23-31(32-33(38)46-37(4,5)45-32)42-22-21-30-34(42)40-26-41-35(30)44-27-15-9-6-10-16-27/h6-22,26,31-33H,23-25H2,1-5H3/t31-,32+,33+,38?/m1/s1. The first kappa shape index (κ1) is 32.5. The maximum absolute atomic E-state index is 7.60. The summed E-state index contributed by atoms with van der Waals surface area (Å²) in [4.78, 5) is 9.25. The average Bonchev–Trinajstić information content (AvgIpc) is 3.73. The zero-order valence-electron chi connectivity index (χ0n) is 27.6. The number of fused-ring (bicyclic) bond motifs is 2. The van der Waals surface area contributed by atoms with Gasteiger partial charge in [0.2, 0.25) is 5.88 Å². The van der Waals surface area contributed by atoms with Gasteiger partial charge in [0, 0.05) is 22.6 Å². The van der Waals surface area contributed by atoms with E-state index in [1.807, 2.05) is 50.2 Å². The summed E-state index contributed by atoms with van der Waals surface area (Å²) >= 11 is 2.54. The monoisotopic (exact) mass is 759 g/mol. The van der Waals surface area contributed by atoms with Gasteiger partial charge in [-0.05, 0) is 53.9 Å². The van der Waals surface area contributed by atoms with E-state index in [1.165, 1.54) is 10.4 Å². The number of ether oxygens (including phenoxy) is 3. The Morgan fingerprint density at radius 1 is 0.872 bits per heavy atom. The van der Waals surface area contributed by atoms with Crippen LogP contribution in [0.1, 0.15) is 47.1 Å². The van der Waals surface area contributed by atoms with Crippen molar-refractivity contribution in [3.63, 3.8) is 0 Å². The summed E-state index contributed by atoms with van der Waals surface area (Å²) in [6, 6.07) is 33.5. The van der Waals surface area contributed by atoms with Crippen molar-refractivity contribution in [3.8, 4) is 11.6 Å². The van der Waals surface area contributed by atoms with E-state index < -0.39 is 14.1 Å². The van der Waals surface area contributed by atoms with Gasteiger partial charge in [-0.15, -0.1) is 0 Å². The number of benzene rings is 3. The molecule has 47 heavy (non-hydrogen) atoms. The molecule has 0 spiro atoms. The second kappa shape index (κ2) is 12.4. The molecule has 1 unspecified atom stereocenters. The Kier molecular flexibility index (Phi) is 8.57. The average molecular weight is 760 g/mol. The van der Waals surface area contributed by atoms with Gasteiger partial charge in [0.1, 0.15) is 23.8 Å². The number of hydrogen-bond acceptors (Lipinski definition) is 6. The Morgan fingerprint density at radius 3 is 2.09 bits per heavy atom. The highest BCUT2D eigenvalue weighted by atomic mass is 127. The number of rotatable bonds is 9. The fourth-order valence-corrected chi connectivity index (χ4v) is 13.3. The lowest BCUT2D eigenvalue weighted by Gasteiger charge is -2.45. The molecule has 7 nitrogen and oxygen atoms in total. The van der Waals surface area contributed by atoms with Gasteiger partial charge in [-0.2, -0.15) is 0 Å². The highest BCUT2D eigenvalue weighted by Crippen LogP contribution is 2.55. The third kappa shape index (κ3) is 5.73. The van der Waals surface area contributed by atoms with Gasteiger partial charge in [-0.25, -0.2) is 9.97 Å². The number of halogens is 1. The van der Waals surface area contributed by atoms with Gasteiger partial charge in [0.25, 0.3) is 8.32 Å².